The Morgan fingerprint density at radius 1 is 1.23 bits per heavy atom. The molecule has 1 aromatic carbocycles. The molecule has 0 amide bonds. The van der Waals surface area contributed by atoms with Crippen molar-refractivity contribution in [1.29, 1.82) is 0 Å². The fraction of sp³-hybridized carbons (Fsp3) is 0.438. The average Bonchev–Trinajstić information content (AvgIpc) is 2.44. The minimum absolute atomic E-state index is 0. The van der Waals surface area contributed by atoms with Gasteiger partial charge in [-0.25, -0.2) is 4.79 Å². The lowest BCUT2D eigenvalue weighted by molar-refractivity contribution is -0.159. The first-order valence-electron chi connectivity index (χ1n) is 6.42. The Bertz CT molecular complexity index is 503. The summed E-state index contributed by atoms with van der Waals surface area (Å²) in [6.07, 6.45) is -1.27. The third kappa shape index (κ3) is 6.05. The average molecular weight is 313 g/mol. The van der Waals surface area contributed by atoms with Gasteiger partial charge in [-0.15, -0.1) is 0 Å². The lowest BCUT2D eigenvalue weighted by Crippen LogP contribution is -2.26. The summed E-state index contributed by atoms with van der Waals surface area (Å²) < 4.78 is 10.1. The minimum Gasteiger partial charge on any atom is -0.481 e. The first-order chi connectivity index (χ1) is 9.95. The molecular weight excluding hydrogens is 288 g/mol. The molecule has 0 fully saturated rings. The van der Waals surface area contributed by atoms with Crippen LogP contribution in [-0.2, 0) is 23.9 Å². The highest BCUT2D eigenvalue weighted by Gasteiger charge is 2.25. The van der Waals surface area contributed by atoms with Crippen LogP contribution in [0.5, 0.6) is 0 Å². The van der Waals surface area contributed by atoms with Gasteiger partial charge in [-0.05, 0) is 12.5 Å². The van der Waals surface area contributed by atoms with Crippen LogP contribution in [0.4, 0.5) is 0 Å². The molecule has 0 saturated carbocycles. The van der Waals surface area contributed by atoms with Crippen molar-refractivity contribution in [3.63, 3.8) is 0 Å². The molecule has 0 bridgehead atoms. The van der Waals surface area contributed by atoms with E-state index in [0.717, 1.165) is 0 Å². The van der Waals surface area contributed by atoms with E-state index in [1.165, 1.54) is 14.0 Å². The van der Waals surface area contributed by atoms with Gasteiger partial charge < -0.3 is 14.6 Å². The molecule has 0 aliphatic rings. The number of Topliss-reactive ketones (excluding diaryl/α,β-unsaturated/α-hetero) is 1. The number of carbonyl (C=O) groups is 3. The number of esters is 1. The third-order valence-electron chi connectivity index (χ3n) is 2.97. The van der Waals surface area contributed by atoms with E-state index in [4.69, 9.17) is 14.6 Å². The second-order valence-corrected chi connectivity index (χ2v) is 4.56. The first kappa shape index (κ1) is 19.8. The predicted octanol–water partition coefficient (Wildman–Crippen LogP) is 2.48. The summed E-state index contributed by atoms with van der Waals surface area (Å²) in [5.74, 6) is -2.95. The van der Waals surface area contributed by atoms with Crippen molar-refractivity contribution in [2.45, 2.75) is 26.9 Å². The zero-order valence-electron chi connectivity index (χ0n) is 11.9. The van der Waals surface area contributed by atoms with Crippen LogP contribution >= 0.6 is 0 Å². The number of ketones is 1. The zero-order chi connectivity index (χ0) is 15.8. The van der Waals surface area contributed by atoms with Crippen molar-refractivity contribution in [2.75, 3.05) is 13.7 Å². The second kappa shape index (κ2) is 9.68. The van der Waals surface area contributed by atoms with E-state index in [1.807, 2.05) is 0 Å². The van der Waals surface area contributed by atoms with Crippen LogP contribution < -0.4 is 0 Å². The second-order valence-electron chi connectivity index (χ2n) is 4.56. The van der Waals surface area contributed by atoms with Gasteiger partial charge in [-0.1, -0.05) is 37.8 Å². The van der Waals surface area contributed by atoms with Crippen molar-refractivity contribution < 1.29 is 30.4 Å². The van der Waals surface area contributed by atoms with E-state index >= 15 is 0 Å². The SMILES string of the molecule is C.COC(C(=O)OCC(CC(=O)O)C(C)=O)c1ccccc1.[2HH]. The highest BCUT2D eigenvalue weighted by molar-refractivity contribution is 5.83. The van der Waals surface area contributed by atoms with Crippen LogP contribution in [-0.4, -0.2) is 36.5 Å². The number of methoxy groups -OCH3 is 1. The summed E-state index contributed by atoms with van der Waals surface area (Å²) in [6, 6.07) is 8.76. The van der Waals surface area contributed by atoms with E-state index in [1.54, 1.807) is 30.3 Å². The molecule has 124 valence electrons. The summed E-state index contributed by atoms with van der Waals surface area (Å²) in [7, 11) is 1.37. The molecule has 2 unspecified atom stereocenters. The molecule has 1 aromatic rings. The van der Waals surface area contributed by atoms with Gasteiger partial charge in [0.05, 0.1) is 12.3 Å². The Kier molecular flexibility index (Phi) is 8.70. The van der Waals surface area contributed by atoms with Gasteiger partial charge in [0.15, 0.2) is 6.10 Å². The smallest absolute Gasteiger partial charge is 0.339 e. The number of hydrogen-bond donors (Lipinski definition) is 1. The van der Waals surface area contributed by atoms with E-state index in [2.05, 4.69) is 0 Å². The number of rotatable bonds is 8. The molecule has 6 nitrogen and oxygen atoms in total. The monoisotopic (exact) mass is 313 g/mol. The van der Waals surface area contributed by atoms with E-state index in [-0.39, 0.29) is 27.7 Å². The van der Waals surface area contributed by atoms with Crippen LogP contribution in [0.2, 0.25) is 0 Å². The molecule has 0 spiro atoms. The van der Waals surface area contributed by atoms with Gasteiger partial charge in [-0.3, -0.25) is 9.59 Å². The summed E-state index contributed by atoms with van der Waals surface area (Å²) in [5, 5.41) is 8.71. The molecule has 0 heterocycles. The Morgan fingerprint density at radius 2 is 1.82 bits per heavy atom. The van der Waals surface area contributed by atoms with Crippen LogP contribution in [0.3, 0.4) is 0 Å². The van der Waals surface area contributed by atoms with Gasteiger partial charge in [0.2, 0.25) is 0 Å². The van der Waals surface area contributed by atoms with Gasteiger partial charge in [0.25, 0.3) is 0 Å². The van der Waals surface area contributed by atoms with Crippen LogP contribution in [0, 0.1) is 5.92 Å². The maximum atomic E-state index is 12.0. The van der Waals surface area contributed by atoms with Crippen molar-refractivity contribution in [2.24, 2.45) is 5.92 Å². The van der Waals surface area contributed by atoms with Gasteiger partial charge in [0.1, 0.15) is 12.4 Å². The Labute approximate surface area is 131 Å². The standard InChI is InChI=1S/C15H18O6.CH4.H2/c1-10(16)12(8-13(17)18)9-21-15(19)14(20-2)11-6-4-3-5-7-11;;/h3-7,12,14H,8-9H2,1-2H3,(H,17,18);1H4;1H/i;;1+1. The molecule has 1 rings (SSSR count). The molecule has 0 saturated heterocycles. The topological polar surface area (TPSA) is 89.9 Å². The highest BCUT2D eigenvalue weighted by atomic mass is 16.6. The summed E-state index contributed by atoms with van der Waals surface area (Å²) in [6.45, 7) is 1.000. The molecular formula is C16H24O6. The molecule has 1 N–H and O–H groups in total. The van der Waals surface area contributed by atoms with E-state index in [0.29, 0.717) is 5.56 Å². The van der Waals surface area contributed by atoms with Crippen molar-refractivity contribution in [3.8, 4) is 0 Å². The summed E-state index contributed by atoms with van der Waals surface area (Å²) >= 11 is 0. The minimum atomic E-state index is -1.11. The predicted molar refractivity (Wildman–Crippen MR) is 82.4 cm³/mol. The fourth-order valence-electron chi connectivity index (χ4n) is 1.79. The molecule has 0 aliphatic carbocycles. The highest BCUT2D eigenvalue weighted by Crippen LogP contribution is 2.18. The Balaban J connectivity index is 0. The molecule has 0 aliphatic heterocycles. The third-order valence-corrected chi connectivity index (χ3v) is 2.97. The van der Waals surface area contributed by atoms with Crippen molar-refractivity contribution >= 4 is 17.7 Å². The van der Waals surface area contributed by atoms with Gasteiger partial charge in [0, 0.05) is 8.54 Å². The number of carboxylic acid groups (broad SMARTS) is 1. The largest absolute Gasteiger partial charge is 0.481 e. The molecule has 0 aromatic heterocycles. The molecule has 0 radical (unpaired) electrons. The lowest BCUT2D eigenvalue weighted by Gasteiger charge is -2.17. The zero-order valence-corrected chi connectivity index (χ0v) is 11.9. The summed E-state index contributed by atoms with van der Waals surface area (Å²) in [5.41, 5.74) is 0.627. The van der Waals surface area contributed by atoms with Crippen LogP contribution in [0.1, 0.15) is 33.9 Å². The number of benzene rings is 1. The Morgan fingerprint density at radius 3 is 2.27 bits per heavy atom. The van der Waals surface area contributed by atoms with E-state index < -0.39 is 24.0 Å². The normalized spacial score (nSPS) is 12.6. The van der Waals surface area contributed by atoms with Crippen LogP contribution in [0.25, 0.3) is 0 Å². The van der Waals surface area contributed by atoms with Gasteiger partial charge in [-0.2, -0.15) is 0 Å². The molecule has 6 heteroatoms. The van der Waals surface area contributed by atoms with E-state index in [9.17, 15) is 14.4 Å². The molecule has 2 atom stereocenters. The maximum Gasteiger partial charge on any atom is 0.339 e. The number of carbonyl (C=O) groups excluding carboxylic acids is 2. The fourth-order valence-corrected chi connectivity index (χ4v) is 1.79. The number of aliphatic carboxylic acids is 1. The Hall–Kier alpha value is -2.21. The summed E-state index contributed by atoms with van der Waals surface area (Å²) in [4.78, 5) is 34.0. The molecule has 22 heavy (non-hydrogen) atoms. The van der Waals surface area contributed by atoms with Crippen molar-refractivity contribution in [1.82, 2.24) is 0 Å². The van der Waals surface area contributed by atoms with Crippen LogP contribution in [0.15, 0.2) is 30.3 Å². The van der Waals surface area contributed by atoms with Gasteiger partial charge >= 0.3 is 11.9 Å². The first-order valence-corrected chi connectivity index (χ1v) is 6.42. The lowest BCUT2D eigenvalue weighted by atomic mass is 10.0. The number of ether oxygens (including phenoxy) is 2. The number of hydrogen-bond acceptors (Lipinski definition) is 5. The number of carboxylic acids is 1. The van der Waals surface area contributed by atoms with Crippen molar-refractivity contribution in [3.05, 3.63) is 35.9 Å². The maximum absolute atomic E-state index is 12.0. The quantitative estimate of drug-likeness (QED) is 0.742.